The summed E-state index contributed by atoms with van der Waals surface area (Å²) in [7, 11) is 1.55. The molecule has 2 N–H and O–H groups in total. The number of ether oxygens (including phenoxy) is 1. The summed E-state index contributed by atoms with van der Waals surface area (Å²) in [6.07, 6.45) is 3.78. The average molecular weight is 173 g/mol. The van der Waals surface area contributed by atoms with E-state index in [0.29, 0.717) is 13.0 Å². The summed E-state index contributed by atoms with van der Waals surface area (Å²) in [6.45, 7) is 2.45. The van der Waals surface area contributed by atoms with Crippen LogP contribution in [0.15, 0.2) is 0 Å². The molecule has 0 bridgehead atoms. The number of hydrogen-bond acceptors (Lipinski definition) is 3. The number of Topliss-reactive ketones (excluding diaryl/α,β-unsaturated/α-hetero) is 1. The zero-order valence-corrected chi connectivity index (χ0v) is 8.01. The first-order chi connectivity index (χ1) is 5.72. The number of ketones is 1. The van der Waals surface area contributed by atoms with Crippen molar-refractivity contribution in [2.24, 2.45) is 5.73 Å². The predicted octanol–water partition coefficient (Wildman–Crippen LogP) is 1.11. The molecule has 0 saturated heterocycles. The minimum absolute atomic E-state index is 0.116. The van der Waals surface area contributed by atoms with Crippen molar-refractivity contribution in [3.8, 4) is 0 Å². The second-order valence-electron chi connectivity index (χ2n) is 2.99. The first kappa shape index (κ1) is 11.6. The van der Waals surface area contributed by atoms with Gasteiger partial charge in [0.05, 0.1) is 12.6 Å². The van der Waals surface area contributed by atoms with Crippen molar-refractivity contribution in [1.29, 1.82) is 0 Å². The topological polar surface area (TPSA) is 52.3 Å². The van der Waals surface area contributed by atoms with Crippen LogP contribution in [0, 0.1) is 0 Å². The number of hydrogen-bond donors (Lipinski definition) is 1. The van der Waals surface area contributed by atoms with E-state index in [1.54, 1.807) is 7.11 Å². The maximum atomic E-state index is 11.2. The Morgan fingerprint density at radius 2 is 2.17 bits per heavy atom. The van der Waals surface area contributed by atoms with Gasteiger partial charge in [0.1, 0.15) is 0 Å². The fourth-order valence-corrected chi connectivity index (χ4v) is 1.01. The number of nitrogens with two attached hydrogens (primary N) is 1. The Morgan fingerprint density at radius 1 is 1.50 bits per heavy atom. The van der Waals surface area contributed by atoms with Crippen LogP contribution in [-0.4, -0.2) is 25.5 Å². The second-order valence-corrected chi connectivity index (χ2v) is 2.99. The van der Waals surface area contributed by atoms with Gasteiger partial charge in [-0.1, -0.05) is 19.8 Å². The van der Waals surface area contributed by atoms with Gasteiger partial charge in [-0.3, -0.25) is 4.79 Å². The van der Waals surface area contributed by atoms with Crippen LogP contribution in [0.3, 0.4) is 0 Å². The molecule has 0 aliphatic rings. The Hall–Kier alpha value is -0.410. The molecule has 0 aromatic rings. The van der Waals surface area contributed by atoms with Crippen LogP contribution in [0.2, 0.25) is 0 Å². The van der Waals surface area contributed by atoms with E-state index < -0.39 is 6.04 Å². The maximum absolute atomic E-state index is 11.2. The smallest absolute Gasteiger partial charge is 0.151 e. The van der Waals surface area contributed by atoms with Crippen molar-refractivity contribution < 1.29 is 9.53 Å². The van der Waals surface area contributed by atoms with Crippen LogP contribution in [0.5, 0.6) is 0 Å². The molecular weight excluding hydrogens is 154 g/mol. The number of unbranched alkanes of at least 4 members (excludes halogenated alkanes) is 2. The Labute approximate surface area is 74.3 Å². The van der Waals surface area contributed by atoms with E-state index in [4.69, 9.17) is 10.5 Å². The third-order valence-corrected chi connectivity index (χ3v) is 1.79. The van der Waals surface area contributed by atoms with Crippen molar-refractivity contribution in [1.82, 2.24) is 0 Å². The first-order valence-electron chi connectivity index (χ1n) is 4.49. The largest absolute Gasteiger partial charge is 0.383 e. The minimum atomic E-state index is -0.424. The number of methoxy groups -OCH3 is 1. The number of rotatable bonds is 7. The van der Waals surface area contributed by atoms with E-state index >= 15 is 0 Å². The fraction of sp³-hybridized carbons (Fsp3) is 0.889. The highest BCUT2D eigenvalue weighted by Crippen LogP contribution is 2.01. The molecule has 12 heavy (non-hydrogen) atoms. The van der Waals surface area contributed by atoms with Crippen LogP contribution in [0.25, 0.3) is 0 Å². The molecule has 0 rings (SSSR count). The van der Waals surface area contributed by atoms with Crippen molar-refractivity contribution in [2.75, 3.05) is 13.7 Å². The van der Waals surface area contributed by atoms with Gasteiger partial charge in [0.15, 0.2) is 5.78 Å². The lowest BCUT2D eigenvalue weighted by Gasteiger charge is -2.08. The highest BCUT2D eigenvalue weighted by molar-refractivity contribution is 5.83. The molecule has 0 spiro atoms. The summed E-state index contributed by atoms with van der Waals surface area (Å²) in [5.74, 6) is 0.116. The lowest BCUT2D eigenvalue weighted by Crippen LogP contribution is -2.34. The van der Waals surface area contributed by atoms with Crippen LogP contribution in [-0.2, 0) is 9.53 Å². The Balaban J connectivity index is 3.43. The monoisotopic (exact) mass is 173 g/mol. The van der Waals surface area contributed by atoms with E-state index in [1.807, 2.05) is 0 Å². The Morgan fingerprint density at radius 3 is 2.67 bits per heavy atom. The maximum Gasteiger partial charge on any atom is 0.151 e. The van der Waals surface area contributed by atoms with Crippen LogP contribution < -0.4 is 5.73 Å². The molecule has 1 unspecified atom stereocenters. The normalized spacial score (nSPS) is 12.9. The van der Waals surface area contributed by atoms with Crippen molar-refractivity contribution in [3.05, 3.63) is 0 Å². The van der Waals surface area contributed by atoms with Gasteiger partial charge in [-0.05, 0) is 6.42 Å². The van der Waals surface area contributed by atoms with Crippen molar-refractivity contribution in [3.63, 3.8) is 0 Å². The molecule has 0 aliphatic heterocycles. The van der Waals surface area contributed by atoms with Crippen molar-refractivity contribution in [2.45, 2.75) is 38.6 Å². The molecule has 0 heterocycles. The standard InChI is InChI=1S/C9H19NO2/c1-3-4-5-6-9(11)8(10)7-12-2/h8H,3-7,10H2,1-2H3. The van der Waals surface area contributed by atoms with E-state index in [2.05, 4.69) is 6.92 Å². The third kappa shape index (κ3) is 5.27. The summed E-state index contributed by atoms with van der Waals surface area (Å²) < 4.78 is 4.79. The Bertz CT molecular complexity index is 126. The van der Waals surface area contributed by atoms with Crippen LogP contribution in [0.1, 0.15) is 32.6 Å². The summed E-state index contributed by atoms with van der Waals surface area (Å²) in [4.78, 5) is 11.2. The minimum Gasteiger partial charge on any atom is -0.383 e. The third-order valence-electron chi connectivity index (χ3n) is 1.79. The molecule has 0 amide bonds. The van der Waals surface area contributed by atoms with E-state index in [9.17, 15) is 4.79 Å². The molecule has 0 saturated carbocycles. The molecule has 0 aliphatic carbocycles. The van der Waals surface area contributed by atoms with Gasteiger partial charge in [0.25, 0.3) is 0 Å². The lowest BCUT2D eigenvalue weighted by molar-refractivity contribution is -0.121. The molecule has 1 atom stereocenters. The van der Waals surface area contributed by atoms with Gasteiger partial charge >= 0.3 is 0 Å². The number of carbonyl (C=O) groups is 1. The fourth-order valence-electron chi connectivity index (χ4n) is 1.01. The highest BCUT2D eigenvalue weighted by atomic mass is 16.5. The average Bonchev–Trinajstić information content (AvgIpc) is 2.05. The molecule has 0 aromatic heterocycles. The summed E-state index contributed by atoms with van der Waals surface area (Å²) >= 11 is 0. The van der Waals surface area contributed by atoms with Gasteiger partial charge in [-0.2, -0.15) is 0 Å². The van der Waals surface area contributed by atoms with E-state index in [0.717, 1.165) is 19.3 Å². The molecule has 3 nitrogen and oxygen atoms in total. The quantitative estimate of drug-likeness (QED) is 0.587. The SMILES string of the molecule is CCCCCC(=O)C(N)COC. The Kier molecular flexibility index (Phi) is 7.00. The van der Waals surface area contributed by atoms with Gasteiger partial charge in [-0.25, -0.2) is 0 Å². The molecule has 0 aromatic carbocycles. The van der Waals surface area contributed by atoms with Crippen LogP contribution >= 0.6 is 0 Å². The number of carbonyl (C=O) groups excluding carboxylic acids is 1. The van der Waals surface area contributed by atoms with Crippen LogP contribution in [0.4, 0.5) is 0 Å². The predicted molar refractivity (Wildman–Crippen MR) is 49.0 cm³/mol. The molecule has 0 fully saturated rings. The van der Waals surface area contributed by atoms with E-state index in [1.165, 1.54) is 0 Å². The first-order valence-corrected chi connectivity index (χ1v) is 4.49. The zero-order valence-electron chi connectivity index (χ0n) is 8.01. The summed E-state index contributed by atoms with van der Waals surface area (Å²) in [6, 6.07) is -0.424. The molecule has 72 valence electrons. The summed E-state index contributed by atoms with van der Waals surface area (Å²) in [5, 5.41) is 0. The van der Waals surface area contributed by atoms with Gasteiger partial charge in [0, 0.05) is 13.5 Å². The molecular formula is C9H19NO2. The summed E-state index contributed by atoms with van der Waals surface area (Å²) in [5.41, 5.74) is 5.54. The van der Waals surface area contributed by atoms with Gasteiger partial charge in [-0.15, -0.1) is 0 Å². The zero-order chi connectivity index (χ0) is 9.40. The molecule has 0 radical (unpaired) electrons. The van der Waals surface area contributed by atoms with Gasteiger partial charge in [0.2, 0.25) is 0 Å². The lowest BCUT2D eigenvalue weighted by atomic mass is 10.1. The van der Waals surface area contributed by atoms with Gasteiger partial charge < -0.3 is 10.5 Å². The molecule has 3 heteroatoms. The second kappa shape index (κ2) is 7.25. The highest BCUT2D eigenvalue weighted by Gasteiger charge is 2.11. The van der Waals surface area contributed by atoms with E-state index in [-0.39, 0.29) is 5.78 Å². The van der Waals surface area contributed by atoms with Crippen molar-refractivity contribution >= 4 is 5.78 Å².